The molecule has 3 heteroatoms. The van der Waals surface area contributed by atoms with Crippen LogP contribution in [0.5, 0.6) is 0 Å². The highest BCUT2D eigenvalue weighted by atomic mass is 16.1. The second-order valence-electron chi connectivity index (χ2n) is 4.05. The van der Waals surface area contributed by atoms with Gasteiger partial charge < -0.3 is 11.1 Å². The summed E-state index contributed by atoms with van der Waals surface area (Å²) in [7, 11) is 0. The predicted octanol–water partition coefficient (Wildman–Crippen LogP) is 3.09. The molecule has 0 aromatic heterocycles. The first-order valence-electron chi connectivity index (χ1n) is 5.96. The van der Waals surface area contributed by atoms with Crippen molar-refractivity contribution >= 4 is 17.3 Å². The molecule has 92 valence electrons. The lowest BCUT2D eigenvalue weighted by Gasteiger charge is -2.14. The summed E-state index contributed by atoms with van der Waals surface area (Å²) in [6.07, 6.45) is 0.844. The third-order valence-corrected chi connectivity index (χ3v) is 2.84. The fourth-order valence-electron chi connectivity index (χ4n) is 1.91. The number of hydrogen-bond acceptors (Lipinski definition) is 2. The highest BCUT2D eigenvalue weighted by molar-refractivity contribution is 6.00. The Hall–Kier alpha value is -2.29. The van der Waals surface area contributed by atoms with Crippen molar-refractivity contribution in [3.63, 3.8) is 0 Å². The van der Waals surface area contributed by atoms with Gasteiger partial charge in [-0.05, 0) is 30.2 Å². The van der Waals surface area contributed by atoms with Crippen LogP contribution in [-0.2, 0) is 6.42 Å². The number of carbonyl (C=O) groups excluding carboxylic acids is 1. The first-order chi connectivity index (χ1) is 8.72. The molecule has 3 N–H and O–H groups in total. The van der Waals surface area contributed by atoms with Gasteiger partial charge in [0, 0.05) is 5.69 Å². The monoisotopic (exact) mass is 240 g/mol. The molecule has 2 aromatic carbocycles. The number of benzene rings is 2. The van der Waals surface area contributed by atoms with Gasteiger partial charge in [0.1, 0.15) is 0 Å². The summed E-state index contributed by atoms with van der Waals surface area (Å²) in [4.78, 5) is 11.5. The van der Waals surface area contributed by atoms with Gasteiger partial charge in [0.2, 0.25) is 0 Å². The van der Waals surface area contributed by atoms with Gasteiger partial charge in [0.25, 0.3) is 5.91 Å². The Morgan fingerprint density at radius 3 is 2.44 bits per heavy atom. The van der Waals surface area contributed by atoms with Crippen molar-refractivity contribution in [1.29, 1.82) is 0 Å². The molecule has 0 spiro atoms. The fraction of sp³-hybridized carbons (Fsp3) is 0.133. The number of anilines is 2. The number of hydrogen-bond donors (Lipinski definition) is 2. The molecule has 0 fully saturated rings. The maximum absolute atomic E-state index is 11.5. The minimum Gasteiger partial charge on any atom is -0.366 e. The molecule has 0 atom stereocenters. The zero-order chi connectivity index (χ0) is 13.0. The largest absolute Gasteiger partial charge is 0.366 e. The van der Waals surface area contributed by atoms with E-state index >= 15 is 0 Å². The molecule has 18 heavy (non-hydrogen) atoms. The van der Waals surface area contributed by atoms with Gasteiger partial charge >= 0.3 is 0 Å². The quantitative estimate of drug-likeness (QED) is 0.862. The van der Waals surface area contributed by atoms with Crippen LogP contribution < -0.4 is 11.1 Å². The SMILES string of the molecule is CCc1cccc(C(N)=O)c1Nc1ccccc1. The Morgan fingerprint density at radius 2 is 1.83 bits per heavy atom. The zero-order valence-corrected chi connectivity index (χ0v) is 10.3. The van der Waals surface area contributed by atoms with E-state index in [-0.39, 0.29) is 0 Å². The lowest BCUT2D eigenvalue weighted by atomic mass is 10.0. The van der Waals surface area contributed by atoms with Crippen LogP contribution >= 0.6 is 0 Å². The second-order valence-corrected chi connectivity index (χ2v) is 4.05. The Bertz CT molecular complexity index is 550. The number of primary amides is 1. The standard InChI is InChI=1S/C15H16N2O/c1-2-11-7-6-10-13(15(16)18)14(11)17-12-8-4-3-5-9-12/h3-10,17H,2H2,1H3,(H2,16,18). The van der Waals surface area contributed by atoms with Crippen LogP contribution in [0.4, 0.5) is 11.4 Å². The van der Waals surface area contributed by atoms with Crippen LogP contribution in [0, 0.1) is 0 Å². The molecule has 0 bridgehead atoms. The summed E-state index contributed by atoms with van der Waals surface area (Å²) in [5.74, 6) is -0.413. The lowest BCUT2D eigenvalue weighted by Crippen LogP contribution is -2.14. The minimum absolute atomic E-state index is 0.413. The number of nitrogens with one attached hydrogen (secondary N) is 1. The van der Waals surface area contributed by atoms with E-state index in [1.54, 1.807) is 6.07 Å². The summed E-state index contributed by atoms with van der Waals surface area (Å²) in [6, 6.07) is 15.3. The fourth-order valence-corrected chi connectivity index (χ4v) is 1.91. The summed E-state index contributed by atoms with van der Waals surface area (Å²) < 4.78 is 0. The molecule has 0 saturated heterocycles. The van der Waals surface area contributed by atoms with Gasteiger partial charge in [-0.3, -0.25) is 4.79 Å². The average molecular weight is 240 g/mol. The molecule has 0 aliphatic rings. The normalized spacial score (nSPS) is 10.1. The van der Waals surface area contributed by atoms with Gasteiger partial charge in [-0.25, -0.2) is 0 Å². The predicted molar refractivity (Wildman–Crippen MR) is 74.1 cm³/mol. The van der Waals surface area contributed by atoms with Crippen molar-refractivity contribution in [3.05, 3.63) is 59.7 Å². The number of amides is 1. The van der Waals surface area contributed by atoms with Crippen molar-refractivity contribution in [1.82, 2.24) is 0 Å². The highest BCUT2D eigenvalue weighted by Gasteiger charge is 2.11. The Labute approximate surface area is 107 Å². The molecular weight excluding hydrogens is 224 g/mol. The summed E-state index contributed by atoms with van der Waals surface area (Å²) in [6.45, 7) is 2.05. The van der Waals surface area contributed by atoms with E-state index in [2.05, 4.69) is 12.2 Å². The molecule has 3 nitrogen and oxygen atoms in total. The average Bonchev–Trinajstić information content (AvgIpc) is 2.40. The van der Waals surface area contributed by atoms with E-state index in [4.69, 9.17) is 5.73 Å². The highest BCUT2D eigenvalue weighted by Crippen LogP contribution is 2.25. The number of para-hydroxylation sites is 2. The van der Waals surface area contributed by atoms with Crippen LogP contribution in [0.1, 0.15) is 22.8 Å². The van der Waals surface area contributed by atoms with Crippen LogP contribution in [0.3, 0.4) is 0 Å². The third kappa shape index (κ3) is 2.51. The van der Waals surface area contributed by atoms with Gasteiger partial charge in [0.15, 0.2) is 0 Å². The first kappa shape index (κ1) is 12.2. The molecule has 0 unspecified atom stereocenters. The molecule has 1 amide bonds. The minimum atomic E-state index is -0.413. The Morgan fingerprint density at radius 1 is 1.11 bits per heavy atom. The summed E-state index contributed by atoms with van der Waals surface area (Å²) in [5.41, 5.74) is 8.77. The van der Waals surface area contributed by atoms with Gasteiger partial charge in [-0.1, -0.05) is 37.3 Å². The number of rotatable bonds is 4. The molecule has 2 rings (SSSR count). The molecule has 0 saturated carbocycles. The van der Waals surface area contributed by atoms with Crippen molar-refractivity contribution in [2.24, 2.45) is 5.73 Å². The van der Waals surface area contributed by atoms with E-state index in [9.17, 15) is 4.79 Å². The molecule has 0 heterocycles. The van der Waals surface area contributed by atoms with E-state index in [1.807, 2.05) is 42.5 Å². The number of aryl methyl sites for hydroxylation is 1. The number of carbonyl (C=O) groups is 1. The van der Waals surface area contributed by atoms with E-state index < -0.39 is 5.91 Å². The summed E-state index contributed by atoms with van der Waals surface area (Å²) >= 11 is 0. The maximum atomic E-state index is 11.5. The van der Waals surface area contributed by atoms with Gasteiger partial charge in [0.05, 0.1) is 11.3 Å². The molecule has 0 aliphatic heterocycles. The second kappa shape index (κ2) is 5.36. The topological polar surface area (TPSA) is 55.1 Å². The molecular formula is C15H16N2O. The van der Waals surface area contributed by atoms with Gasteiger partial charge in [-0.2, -0.15) is 0 Å². The zero-order valence-electron chi connectivity index (χ0n) is 10.3. The van der Waals surface area contributed by atoms with Gasteiger partial charge in [-0.15, -0.1) is 0 Å². The van der Waals surface area contributed by atoms with Crippen molar-refractivity contribution < 1.29 is 4.79 Å². The molecule has 0 radical (unpaired) electrons. The Kier molecular flexibility index (Phi) is 3.63. The molecule has 0 aliphatic carbocycles. The van der Waals surface area contributed by atoms with Crippen LogP contribution in [0.2, 0.25) is 0 Å². The molecule has 2 aromatic rings. The first-order valence-corrected chi connectivity index (χ1v) is 5.96. The lowest BCUT2D eigenvalue weighted by molar-refractivity contribution is 0.100. The van der Waals surface area contributed by atoms with E-state index in [0.717, 1.165) is 23.4 Å². The Balaban J connectivity index is 2.44. The van der Waals surface area contributed by atoms with E-state index in [1.165, 1.54) is 0 Å². The van der Waals surface area contributed by atoms with Crippen molar-refractivity contribution in [3.8, 4) is 0 Å². The van der Waals surface area contributed by atoms with Crippen molar-refractivity contribution in [2.75, 3.05) is 5.32 Å². The third-order valence-electron chi connectivity index (χ3n) is 2.84. The van der Waals surface area contributed by atoms with Crippen LogP contribution in [0.15, 0.2) is 48.5 Å². The summed E-state index contributed by atoms with van der Waals surface area (Å²) in [5, 5.41) is 3.27. The smallest absolute Gasteiger partial charge is 0.250 e. The maximum Gasteiger partial charge on any atom is 0.250 e. The van der Waals surface area contributed by atoms with E-state index in [0.29, 0.717) is 5.56 Å². The number of nitrogens with two attached hydrogens (primary N) is 1. The van der Waals surface area contributed by atoms with Crippen LogP contribution in [-0.4, -0.2) is 5.91 Å². The van der Waals surface area contributed by atoms with Crippen molar-refractivity contribution in [2.45, 2.75) is 13.3 Å². The van der Waals surface area contributed by atoms with Crippen LogP contribution in [0.25, 0.3) is 0 Å².